The van der Waals surface area contributed by atoms with E-state index in [2.05, 4.69) is 9.72 Å². The maximum Gasteiger partial charge on any atom is 0.338 e. The van der Waals surface area contributed by atoms with Gasteiger partial charge in [0.15, 0.2) is 4.96 Å². The second kappa shape index (κ2) is 6.86. The van der Waals surface area contributed by atoms with Gasteiger partial charge in [-0.25, -0.2) is 14.6 Å². The van der Waals surface area contributed by atoms with Crippen LogP contribution in [-0.2, 0) is 16.1 Å². The molecule has 1 aromatic carbocycles. The van der Waals surface area contributed by atoms with Crippen molar-refractivity contribution in [2.45, 2.75) is 13.5 Å². The van der Waals surface area contributed by atoms with Gasteiger partial charge in [0.25, 0.3) is 5.56 Å². The van der Waals surface area contributed by atoms with Crippen molar-refractivity contribution in [3.8, 4) is 0 Å². The number of carbonyl (C=O) groups excluding carboxylic acids is 2. The first-order valence-corrected chi connectivity index (χ1v) is 8.20. The van der Waals surface area contributed by atoms with Gasteiger partial charge in [-0.15, -0.1) is 11.3 Å². The summed E-state index contributed by atoms with van der Waals surface area (Å²) in [5, 5.41) is 1.84. The van der Waals surface area contributed by atoms with E-state index in [0.29, 0.717) is 16.2 Å². The summed E-state index contributed by atoms with van der Waals surface area (Å²) in [6, 6.07) is 7.26. The molecule has 0 radical (unpaired) electrons. The van der Waals surface area contributed by atoms with E-state index in [1.165, 1.54) is 53.2 Å². The Bertz CT molecular complexity index is 1000. The number of benzene rings is 1. The number of rotatable bonds is 4. The van der Waals surface area contributed by atoms with Crippen LogP contribution in [-0.4, -0.2) is 28.4 Å². The maximum absolute atomic E-state index is 12.1. The van der Waals surface area contributed by atoms with Gasteiger partial charge in [0.1, 0.15) is 6.61 Å². The summed E-state index contributed by atoms with van der Waals surface area (Å²) in [7, 11) is 1.28. The third kappa shape index (κ3) is 3.43. The van der Waals surface area contributed by atoms with Crippen LogP contribution in [0.3, 0.4) is 0 Å². The maximum atomic E-state index is 12.1. The Morgan fingerprint density at radius 1 is 1.16 bits per heavy atom. The van der Waals surface area contributed by atoms with Crippen LogP contribution in [0, 0.1) is 6.92 Å². The van der Waals surface area contributed by atoms with Crippen molar-refractivity contribution in [1.82, 2.24) is 9.38 Å². The van der Waals surface area contributed by atoms with Gasteiger partial charge in [-0.05, 0) is 31.2 Å². The van der Waals surface area contributed by atoms with Gasteiger partial charge in [0.05, 0.1) is 23.9 Å². The van der Waals surface area contributed by atoms with Crippen molar-refractivity contribution < 1.29 is 19.1 Å². The smallest absolute Gasteiger partial charge is 0.338 e. The van der Waals surface area contributed by atoms with Gasteiger partial charge in [0, 0.05) is 17.1 Å². The third-order valence-electron chi connectivity index (χ3n) is 3.52. The topological polar surface area (TPSA) is 87.0 Å². The Morgan fingerprint density at radius 2 is 1.80 bits per heavy atom. The number of esters is 2. The summed E-state index contributed by atoms with van der Waals surface area (Å²) in [5.74, 6) is -1.05. The Hall–Kier alpha value is -3.00. The summed E-state index contributed by atoms with van der Waals surface area (Å²) in [4.78, 5) is 40.4. The zero-order valence-corrected chi connectivity index (χ0v) is 14.3. The molecule has 0 saturated heterocycles. The molecule has 0 amide bonds. The second-order valence-electron chi connectivity index (χ2n) is 5.23. The lowest BCUT2D eigenvalue weighted by atomic mass is 10.1. The van der Waals surface area contributed by atoms with Crippen molar-refractivity contribution in [2.24, 2.45) is 0 Å². The SMILES string of the molecule is COC(=O)c1ccc(C(=O)OCc2cc(=O)n3c(C)csc3n2)cc1. The first kappa shape index (κ1) is 16.8. The average Bonchev–Trinajstić information content (AvgIpc) is 3.00. The molecule has 2 aromatic heterocycles. The van der Waals surface area contributed by atoms with Crippen molar-refractivity contribution >= 4 is 28.2 Å². The zero-order valence-electron chi connectivity index (χ0n) is 13.5. The number of ether oxygens (including phenoxy) is 2. The fourth-order valence-corrected chi connectivity index (χ4v) is 3.15. The number of fused-ring (bicyclic) bond motifs is 1. The molecule has 0 spiro atoms. The lowest BCUT2D eigenvalue weighted by Crippen LogP contribution is -2.16. The van der Waals surface area contributed by atoms with E-state index in [-0.39, 0.29) is 17.7 Å². The lowest BCUT2D eigenvalue weighted by molar-refractivity contribution is 0.0466. The second-order valence-corrected chi connectivity index (χ2v) is 6.06. The summed E-state index contributed by atoms with van der Waals surface area (Å²) in [5.41, 5.74) is 1.61. The summed E-state index contributed by atoms with van der Waals surface area (Å²) in [6.07, 6.45) is 0. The quantitative estimate of drug-likeness (QED) is 0.665. The number of aryl methyl sites for hydroxylation is 1. The molecular weight excluding hydrogens is 344 g/mol. The van der Waals surface area contributed by atoms with Crippen LogP contribution in [0.4, 0.5) is 0 Å². The standard InChI is InChI=1S/C17H14N2O5S/c1-10-9-25-17-18-13(7-14(20)19(10)17)8-24-16(22)12-5-3-11(4-6-12)15(21)23-2/h3-7,9H,8H2,1-2H3. The Morgan fingerprint density at radius 3 is 2.44 bits per heavy atom. The minimum Gasteiger partial charge on any atom is -0.465 e. The Balaban J connectivity index is 1.72. The average molecular weight is 358 g/mol. The number of hydrogen-bond donors (Lipinski definition) is 0. The predicted molar refractivity (Wildman–Crippen MR) is 91.0 cm³/mol. The molecule has 0 unspecified atom stereocenters. The number of hydrogen-bond acceptors (Lipinski definition) is 7. The molecule has 128 valence electrons. The minimum atomic E-state index is -0.569. The van der Waals surface area contributed by atoms with Crippen LogP contribution in [0.5, 0.6) is 0 Å². The first-order valence-electron chi connectivity index (χ1n) is 7.32. The molecule has 0 bridgehead atoms. The van der Waals surface area contributed by atoms with Crippen LogP contribution >= 0.6 is 11.3 Å². The molecule has 0 aliphatic carbocycles. The van der Waals surface area contributed by atoms with Crippen molar-refractivity contribution in [2.75, 3.05) is 7.11 Å². The zero-order chi connectivity index (χ0) is 18.0. The molecule has 0 aliphatic heterocycles. The Labute approximate surface area is 146 Å². The van der Waals surface area contributed by atoms with Gasteiger partial charge in [-0.1, -0.05) is 0 Å². The molecule has 8 heteroatoms. The van der Waals surface area contributed by atoms with Crippen LogP contribution < -0.4 is 5.56 Å². The van der Waals surface area contributed by atoms with Gasteiger partial charge >= 0.3 is 11.9 Å². The molecule has 0 aliphatic rings. The van der Waals surface area contributed by atoms with Gasteiger partial charge in [0.2, 0.25) is 0 Å². The largest absolute Gasteiger partial charge is 0.465 e. The Kier molecular flexibility index (Phi) is 4.62. The fraction of sp³-hybridized carbons (Fsp3) is 0.176. The van der Waals surface area contributed by atoms with E-state index < -0.39 is 11.9 Å². The highest BCUT2D eigenvalue weighted by molar-refractivity contribution is 7.15. The third-order valence-corrected chi connectivity index (χ3v) is 4.47. The molecule has 25 heavy (non-hydrogen) atoms. The monoisotopic (exact) mass is 358 g/mol. The van der Waals surface area contributed by atoms with Crippen molar-refractivity contribution in [3.05, 3.63) is 68.6 Å². The minimum absolute atomic E-state index is 0.111. The summed E-state index contributed by atoms with van der Waals surface area (Å²) in [6.45, 7) is 1.71. The number of carbonyl (C=O) groups is 2. The molecule has 0 atom stereocenters. The molecule has 3 aromatic rings. The van der Waals surface area contributed by atoms with Crippen molar-refractivity contribution in [3.63, 3.8) is 0 Å². The molecule has 0 fully saturated rings. The fourth-order valence-electron chi connectivity index (χ4n) is 2.26. The van der Waals surface area contributed by atoms with E-state index in [9.17, 15) is 14.4 Å². The number of nitrogens with zero attached hydrogens (tertiary/aromatic N) is 2. The molecule has 0 saturated carbocycles. The first-order chi connectivity index (χ1) is 12.0. The molecule has 3 rings (SSSR count). The predicted octanol–water partition coefficient (Wildman–Crippen LogP) is 2.21. The number of methoxy groups -OCH3 is 1. The van der Waals surface area contributed by atoms with E-state index >= 15 is 0 Å². The van der Waals surface area contributed by atoms with Crippen LogP contribution in [0.25, 0.3) is 4.96 Å². The van der Waals surface area contributed by atoms with E-state index in [1.807, 2.05) is 12.3 Å². The normalized spacial score (nSPS) is 10.6. The lowest BCUT2D eigenvalue weighted by Gasteiger charge is -2.05. The van der Waals surface area contributed by atoms with E-state index in [0.717, 1.165) is 5.69 Å². The number of thiazole rings is 1. The van der Waals surface area contributed by atoms with Crippen LogP contribution in [0.15, 0.2) is 40.5 Å². The summed E-state index contributed by atoms with van der Waals surface area (Å²) < 4.78 is 11.3. The highest BCUT2D eigenvalue weighted by Crippen LogP contribution is 2.13. The highest BCUT2D eigenvalue weighted by Gasteiger charge is 2.12. The van der Waals surface area contributed by atoms with E-state index in [4.69, 9.17) is 4.74 Å². The van der Waals surface area contributed by atoms with Gasteiger partial charge in [-0.2, -0.15) is 0 Å². The molecule has 7 nitrogen and oxygen atoms in total. The molecule has 0 N–H and O–H groups in total. The van der Waals surface area contributed by atoms with Gasteiger partial charge < -0.3 is 9.47 Å². The van der Waals surface area contributed by atoms with Gasteiger partial charge in [-0.3, -0.25) is 9.20 Å². The van der Waals surface area contributed by atoms with Crippen LogP contribution in [0.2, 0.25) is 0 Å². The molecular formula is C17H14N2O5S. The van der Waals surface area contributed by atoms with E-state index in [1.54, 1.807) is 0 Å². The number of aromatic nitrogens is 2. The highest BCUT2D eigenvalue weighted by atomic mass is 32.1. The molecule has 2 heterocycles. The van der Waals surface area contributed by atoms with Crippen molar-refractivity contribution in [1.29, 1.82) is 0 Å². The summed E-state index contributed by atoms with van der Waals surface area (Å²) >= 11 is 1.35. The van der Waals surface area contributed by atoms with Crippen LogP contribution in [0.1, 0.15) is 32.1 Å².